The van der Waals surface area contributed by atoms with Gasteiger partial charge in [-0.25, -0.2) is 0 Å². The summed E-state index contributed by atoms with van der Waals surface area (Å²) in [5, 5.41) is 72.3. The van der Waals surface area contributed by atoms with Crippen LogP contribution in [0.4, 0.5) is 0 Å². The van der Waals surface area contributed by atoms with Crippen LogP contribution in [-0.2, 0) is 38.0 Å². The van der Waals surface area contributed by atoms with Gasteiger partial charge < -0.3 is 64.2 Å². The van der Waals surface area contributed by atoms with Crippen molar-refractivity contribution in [1.29, 1.82) is 0 Å². The van der Waals surface area contributed by atoms with Crippen molar-refractivity contribution in [2.75, 3.05) is 26.4 Å². The first-order valence-corrected chi connectivity index (χ1v) is 29.6. The Morgan fingerprint density at radius 3 is 1.34 bits per heavy atom. The van der Waals surface area contributed by atoms with E-state index in [0.29, 0.717) is 12.8 Å². The molecule has 432 valence electrons. The van der Waals surface area contributed by atoms with Gasteiger partial charge in [-0.05, 0) is 44.9 Å². The SMILES string of the molecule is CC/C=C\C/C=C\C/C=C\CCCCCCCC(=O)OC(COC(=O)CCCCCCCCCCCCCCCCCCCCCCCCC)COC1OC(COC2OC(CO)C(O)C(O)C2O)C(O)C(O)C1O. The molecule has 0 aromatic heterocycles. The molecule has 2 aliphatic rings. The largest absolute Gasteiger partial charge is 0.462 e. The summed E-state index contributed by atoms with van der Waals surface area (Å²) in [5.41, 5.74) is 0. The highest BCUT2D eigenvalue weighted by molar-refractivity contribution is 5.70. The number of unbranched alkanes of at least 4 members (excludes halogenated alkanes) is 27. The maximum absolute atomic E-state index is 13.0. The van der Waals surface area contributed by atoms with Crippen LogP contribution in [0.5, 0.6) is 0 Å². The zero-order chi connectivity index (χ0) is 53.9. The van der Waals surface area contributed by atoms with Crippen molar-refractivity contribution in [3.63, 3.8) is 0 Å². The summed E-state index contributed by atoms with van der Waals surface area (Å²) >= 11 is 0. The summed E-state index contributed by atoms with van der Waals surface area (Å²) in [4.78, 5) is 25.9. The fourth-order valence-electron chi connectivity index (χ4n) is 9.35. The third kappa shape index (κ3) is 32.5. The lowest BCUT2D eigenvalue weighted by molar-refractivity contribution is -0.332. The first-order valence-electron chi connectivity index (χ1n) is 29.6. The van der Waals surface area contributed by atoms with E-state index in [4.69, 9.17) is 28.4 Å². The van der Waals surface area contributed by atoms with Crippen molar-refractivity contribution in [3.8, 4) is 0 Å². The number of hydrogen-bond acceptors (Lipinski definition) is 15. The van der Waals surface area contributed by atoms with E-state index in [1.807, 2.05) is 0 Å². The van der Waals surface area contributed by atoms with Gasteiger partial charge in [0.05, 0.1) is 19.8 Å². The normalized spacial score (nSPS) is 24.9. The molecule has 15 nitrogen and oxygen atoms in total. The van der Waals surface area contributed by atoms with Crippen LogP contribution in [0.15, 0.2) is 36.5 Å². The third-order valence-electron chi connectivity index (χ3n) is 14.1. The van der Waals surface area contributed by atoms with Gasteiger partial charge >= 0.3 is 11.9 Å². The molecule has 0 spiro atoms. The minimum atomic E-state index is -1.77. The highest BCUT2D eigenvalue weighted by Gasteiger charge is 2.47. The number of carbonyl (C=O) groups is 2. The smallest absolute Gasteiger partial charge is 0.306 e. The van der Waals surface area contributed by atoms with Crippen molar-refractivity contribution < 1.29 is 73.8 Å². The van der Waals surface area contributed by atoms with Gasteiger partial charge in [-0.3, -0.25) is 9.59 Å². The van der Waals surface area contributed by atoms with Gasteiger partial charge in [0.1, 0.15) is 55.4 Å². The Kier molecular flexibility index (Phi) is 41.9. The number of ether oxygens (including phenoxy) is 6. The summed E-state index contributed by atoms with van der Waals surface area (Å²) in [7, 11) is 0. The van der Waals surface area contributed by atoms with E-state index < -0.39 is 92.7 Å². The van der Waals surface area contributed by atoms with Crippen molar-refractivity contribution in [1.82, 2.24) is 0 Å². The molecule has 0 aromatic carbocycles. The molecule has 11 unspecified atom stereocenters. The third-order valence-corrected chi connectivity index (χ3v) is 14.1. The first-order chi connectivity index (χ1) is 36.0. The number of esters is 2. The summed E-state index contributed by atoms with van der Waals surface area (Å²) in [6.45, 7) is 2.50. The highest BCUT2D eigenvalue weighted by atomic mass is 16.7. The Bertz CT molecular complexity index is 1430. The van der Waals surface area contributed by atoms with Gasteiger partial charge in [0.15, 0.2) is 18.7 Å². The fourth-order valence-corrected chi connectivity index (χ4v) is 9.35. The standard InChI is InChI=1S/C59H106O15/c1-3-5-7-9-11-13-15-17-19-20-21-22-23-24-25-26-28-29-31-33-35-37-39-41-50(61)69-44-47(72-51(62)42-40-38-36-34-32-30-27-18-16-14-12-10-8-6-4-2)45-70-58-57(68)55(66)53(64)49(74-58)46-71-59-56(67)54(65)52(63)48(43-60)73-59/h6,8,12,14,18,27,47-49,52-60,63-68H,3-5,7,9-11,13,15-17,19-26,28-46H2,1-2H3/b8-6-,14-12-,27-18-. The van der Waals surface area contributed by atoms with Crippen LogP contribution in [0.25, 0.3) is 0 Å². The maximum atomic E-state index is 13.0. The zero-order valence-corrected chi connectivity index (χ0v) is 46.1. The predicted octanol–water partition coefficient (Wildman–Crippen LogP) is 10.1. The second-order valence-electron chi connectivity index (χ2n) is 20.8. The number of carbonyl (C=O) groups excluding carboxylic acids is 2. The minimum absolute atomic E-state index is 0.147. The molecule has 15 heteroatoms. The van der Waals surface area contributed by atoms with E-state index in [-0.39, 0.29) is 26.1 Å². The van der Waals surface area contributed by atoms with Crippen LogP contribution in [0.3, 0.4) is 0 Å². The molecule has 2 aliphatic heterocycles. The number of hydrogen-bond donors (Lipinski definition) is 7. The van der Waals surface area contributed by atoms with Crippen molar-refractivity contribution in [2.45, 2.75) is 300 Å². The molecular weight excluding hydrogens is 949 g/mol. The summed E-state index contributed by atoms with van der Waals surface area (Å²) in [6, 6.07) is 0. The second-order valence-corrected chi connectivity index (χ2v) is 20.8. The Hall–Kier alpha value is -2.28. The average molecular weight is 1060 g/mol. The lowest BCUT2D eigenvalue weighted by Gasteiger charge is -2.42. The van der Waals surface area contributed by atoms with E-state index in [0.717, 1.165) is 70.6 Å². The molecular formula is C59H106O15. The van der Waals surface area contributed by atoms with Gasteiger partial charge in [-0.1, -0.05) is 211 Å². The average Bonchev–Trinajstić information content (AvgIpc) is 3.39. The van der Waals surface area contributed by atoms with Gasteiger partial charge in [0.25, 0.3) is 0 Å². The van der Waals surface area contributed by atoms with Crippen LogP contribution in [0.1, 0.15) is 232 Å². The number of aliphatic hydroxyl groups is 7. The molecule has 74 heavy (non-hydrogen) atoms. The summed E-state index contributed by atoms with van der Waals surface area (Å²) < 4.78 is 33.7. The lowest BCUT2D eigenvalue weighted by Crippen LogP contribution is -2.61. The van der Waals surface area contributed by atoms with Crippen LogP contribution >= 0.6 is 0 Å². The second kappa shape index (κ2) is 45.7. The van der Waals surface area contributed by atoms with E-state index in [2.05, 4.69) is 50.3 Å². The monoisotopic (exact) mass is 1050 g/mol. The highest BCUT2D eigenvalue weighted by Crippen LogP contribution is 2.27. The van der Waals surface area contributed by atoms with Crippen molar-refractivity contribution in [3.05, 3.63) is 36.5 Å². The van der Waals surface area contributed by atoms with Crippen LogP contribution in [0, 0.1) is 0 Å². The van der Waals surface area contributed by atoms with Crippen LogP contribution < -0.4 is 0 Å². The molecule has 0 saturated carbocycles. The van der Waals surface area contributed by atoms with Crippen molar-refractivity contribution in [2.24, 2.45) is 0 Å². The minimum Gasteiger partial charge on any atom is -0.462 e. The predicted molar refractivity (Wildman–Crippen MR) is 289 cm³/mol. The van der Waals surface area contributed by atoms with E-state index in [1.165, 1.54) is 122 Å². The fraction of sp³-hybridized carbons (Fsp3) is 0.864. The van der Waals surface area contributed by atoms with Gasteiger partial charge in [0, 0.05) is 12.8 Å². The molecule has 2 rings (SSSR count). The van der Waals surface area contributed by atoms with Crippen molar-refractivity contribution >= 4 is 11.9 Å². The summed E-state index contributed by atoms with van der Waals surface area (Å²) in [5.74, 6) is -0.935. The molecule has 0 amide bonds. The molecule has 0 radical (unpaired) electrons. The molecule has 2 heterocycles. The zero-order valence-electron chi connectivity index (χ0n) is 46.1. The Balaban J connectivity index is 1.72. The van der Waals surface area contributed by atoms with Gasteiger partial charge in [0.2, 0.25) is 0 Å². The maximum Gasteiger partial charge on any atom is 0.306 e. The molecule has 0 aromatic rings. The molecule has 11 atom stereocenters. The number of rotatable bonds is 47. The Morgan fingerprint density at radius 1 is 0.446 bits per heavy atom. The quantitative estimate of drug-likeness (QED) is 0.0171. The molecule has 0 aliphatic carbocycles. The van der Waals surface area contributed by atoms with E-state index >= 15 is 0 Å². The topological polar surface area (TPSA) is 231 Å². The first kappa shape index (κ1) is 67.8. The molecule has 7 N–H and O–H groups in total. The summed E-state index contributed by atoms with van der Waals surface area (Å²) in [6.07, 6.45) is 34.6. The van der Waals surface area contributed by atoms with E-state index in [1.54, 1.807) is 0 Å². The van der Waals surface area contributed by atoms with Gasteiger partial charge in [-0.15, -0.1) is 0 Å². The molecule has 2 fully saturated rings. The lowest BCUT2D eigenvalue weighted by atomic mass is 9.98. The number of aliphatic hydroxyl groups excluding tert-OH is 7. The van der Waals surface area contributed by atoms with Gasteiger partial charge in [-0.2, -0.15) is 0 Å². The Labute approximate surface area is 446 Å². The molecule has 0 bridgehead atoms. The molecule has 2 saturated heterocycles. The van der Waals surface area contributed by atoms with Crippen LogP contribution in [-0.4, -0.2) is 142 Å². The van der Waals surface area contributed by atoms with E-state index in [9.17, 15) is 45.3 Å². The Morgan fingerprint density at radius 2 is 0.851 bits per heavy atom. The van der Waals surface area contributed by atoms with Crippen LogP contribution in [0.2, 0.25) is 0 Å². The number of allylic oxidation sites excluding steroid dienone is 6.